The van der Waals surface area contributed by atoms with Crippen molar-refractivity contribution in [3.8, 4) is 11.5 Å². The molecule has 4 heteroatoms. The van der Waals surface area contributed by atoms with E-state index < -0.39 is 0 Å². The average molecular weight is 238 g/mol. The van der Waals surface area contributed by atoms with Crippen LogP contribution in [0.15, 0.2) is 12.1 Å². The fourth-order valence-corrected chi connectivity index (χ4v) is 1.77. The molecule has 0 spiro atoms. The van der Waals surface area contributed by atoms with Crippen LogP contribution in [0.1, 0.15) is 17.5 Å². The second kappa shape index (κ2) is 6.91. The Morgan fingerprint density at radius 2 is 1.65 bits per heavy atom. The van der Waals surface area contributed by atoms with Crippen LogP contribution in [0.5, 0.6) is 11.5 Å². The molecular formula is C13H18O4. The van der Waals surface area contributed by atoms with Gasteiger partial charge in [-0.15, -0.1) is 0 Å². The highest BCUT2D eigenvalue weighted by Crippen LogP contribution is 2.35. The van der Waals surface area contributed by atoms with E-state index in [2.05, 4.69) is 0 Å². The highest BCUT2D eigenvalue weighted by Gasteiger charge is 2.14. The van der Waals surface area contributed by atoms with Crippen molar-refractivity contribution in [2.24, 2.45) is 0 Å². The number of hydrogen-bond donors (Lipinski definition) is 0. The highest BCUT2D eigenvalue weighted by molar-refractivity contribution is 5.55. The van der Waals surface area contributed by atoms with E-state index in [4.69, 9.17) is 14.2 Å². The van der Waals surface area contributed by atoms with Gasteiger partial charge in [-0.25, -0.2) is 0 Å². The third-order valence-electron chi connectivity index (χ3n) is 2.51. The van der Waals surface area contributed by atoms with E-state index in [-0.39, 0.29) is 0 Å². The zero-order valence-corrected chi connectivity index (χ0v) is 10.5. The van der Waals surface area contributed by atoms with Gasteiger partial charge in [0.05, 0.1) is 20.8 Å². The van der Waals surface area contributed by atoms with Gasteiger partial charge in [0.1, 0.15) is 6.29 Å². The van der Waals surface area contributed by atoms with Crippen LogP contribution in [0.25, 0.3) is 0 Å². The Hall–Kier alpha value is -1.55. The molecule has 0 N–H and O–H groups in total. The van der Waals surface area contributed by atoms with Crippen LogP contribution < -0.4 is 9.47 Å². The molecule has 94 valence electrons. The first-order valence-electron chi connectivity index (χ1n) is 5.43. The summed E-state index contributed by atoms with van der Waals surface area (Å²) in [6, 6.07) is 3.88. The van der Waals surface area contributed by atoms with Crippen molar-refractivity contribution in [2.75, 3.05) is 21.3 Å². The minimum Gasteiger partial charge on any atom is -0.493 e. The fourth-order valence-electron chi connectivity index (χ4n) is 1.77. The van der Waals surface area contributed by atoms with Crippen LogP contribution in [0, 0.1) is 0 Å². The van der Waals surface area contributed by atoms with E-state index in [1.807, 2.05) is 12.1 Å². The third-order valence-corrected chi connectivity index (χ3v) is 2.51. The zero-order chi connectivity index (χ0) is 12.7. The number of aldehydes is 1. The van der Waals surface area contributed by atoms with E-state index in [1.165, 1.54) is 0 Å². The Balaban J connectivity index is 3.12. The molecule has 0 aliphatic heterocycles. The van der Waals surface area contributed by atoms with Gasteiger partial charge in [-0.3, -0.25) is 0 Å². The lowest BCUT2D eigenvalue weighted by Gasteiger charge is -2.15. The summed E-state index contributed by atoms with van der Waals surface area (Å²) in [6.45, 7) is 0.466. The van der Waals surface area contributed by atoms with Crippen molar-refractivity contribution in [1.82, 2.24) is 0 Å². The Bertz CT molecular complexity index is 374. The minimum absolute atomic E-state index is 0.466. The Kier molecular flexibility index (Phi) is 5.49. The Labute approximate surface area is 101 Å². The van der Waals surface area contributed by atoms with Crippen molar-refractivity contribution < 1.29 is 19.0 Å². The summed E-state index contributed by atoms with van der Waals surface area (Å²) in [4.78, 5) is 10.4. The molecule has 17 heavy (non-hydrogen) atoms. The summed E-state index contributed by atoms with van der Waals surface area (Å²) in [7, 11) is 4.82. The number of carbonyl (C=O) groups excluding carboxylic acids is 1. The van der Waals surface area contributed by atoms with Crippen LogP contribution in [0.2, 0.25) is 0 Å². The first kappa shape index (κ1) is 13.5. The quantitative estimate of drug-likeness (QED) is 0.681. The Morgan fingerprint density at radius 1 is 1.06 bits per heavy atom. The largest absolute Gasteiger partial charge is 0.493 e. The molecule has 1 rings (SSSR count). The first-order chi connectivity index (χ1) is 8.28. The molecular weight excluding hydrogens is 220 g/mol. The maximum absolute atomic E-state index is 10.4. The first-order valence-corrected chi connectivity index (χ1v) is 5.43. The number of rotatable bonds is 7. The van der Waals surface area contributed by atoms with Crippen LogP contribution in [-0.4, -0.2) is 27.6 Å². The van der Waals surface area contributed by atoms with E-state index in [0.29, 0.717) is 30.9 Å². The second-order valence-electron chi connectivity index (χ2n) is 3.59. The second-order valence-corrected chi connectivity index (χ2v) is 3.59. The molecule has 0 bridgehead atoms. The van der Waals surface area contributed by atoms with Gasteiger partial charge in [0.15, 0.2) is 11.5 Å². The molecule has 1 aromatic rings. The van der Waals surface area contributed by atoms with Gasteiger partial charge in [-0.05, 0) is 12.0 Å². The number of methoxy groups -OCH3 is 3. The summed E-state index contributed by atoms with van der Waals surface area (Å²) in [6.07, 6.45) is 2.02. The van der Waals surface area contributed by atoms with E-state index in [1.54, 1.807) is 21.3 Å². The maximum atomic E-state index is 10.4. The zero-order valence-electron chi connectivity index (χ0n) is 10.5. The lowest BCUT2D eigenvalue weighted by molar-refractivity contribution is -0.107. The monoisotopic (exact) mass is 238 g/mol. The van der Waals surface area contributed by atoms with Gasteiger partial charge in [0.25, 0.3) is 0 Å². The van der Waals surface area contributed by atoms with Crippen molar-refractivity contribution >= 4 is 6.29 Å². The van der Waals surface area contributed by atoms with Crippen LogP contribution in [-0.2, 0) is 22.6 Å². The Morgan fingerprint density at radius 3 is 2.18 bits per heavy atom. The molecule has 0 radical (unpaired) electrons. The van der Waals surface area contributed by atoms with Crippen LogP contribution >= 0.6 is 0 Å². The van der Waals surface area contributed by atoms with Gasteiger partial charge in [0.2, 0.25) is 0 Å². The average Bonchev–Trinajstić information content (AvgIpc) is 2.36. The molecule has 0 saturated heterocycles. The van der Waals surface area contributed by atoms with Crippen molar-refractivity contribution in [3.63, 3.8) is 0 Å². The molecule has 0 amide bonds. The van der Waals surface area contributed by atoms with Crippen molar-refractivity contribution in [3.05, 3.63) is 23.3 Å². The molecule has 0 aromatic heterocycles. The van der Waals surface area contributed by atoms with Gasteiger partial charge in [-0.2, -0.15) is 0 Å². The molecule has 0 atom stereocenters. The van der Waals surface area contributed by atoms with Gasteiger partial charge in [-0.1, -0.05) is 12.1 Å². The lowest BCUT2D eigenvalue weighted by atomic mass is 10.0. The van der Waals surface area contributed by atoms with Crippen LogP contribution in [0.3, 0.4) is 0 Å². The standard InChI is InChI=1S/C13H18O4/c1-15-9-11-7-6-10(5-4-8-14)12(16-2)13(11)17-3/h6-8H,4-5,9H2,1-3H3. The predicted molar refractivity (Wildman–Crippen MR) is 64.6 cm³/mol. The SMILES string of the molecule is COCc1ccc(CCC=O)c(OC)c1OC. The highest BCUT2D eigenvalue weighted by atomic mass is 16.5. The summed E-state index contributed by atoms with van der Waals surface area (Å²) < 4.78 is 15.8. The molecule has 0 aliphatic rings. The normalized spacial score (nSPS) is 10.1. The number of benzene rings is 1. The topological polar surface area (TPSA) is 44.8 Å². The number of aryl methyl sites for hydroxylation is 1. The van der Waals surface area contributed by atoms with E-state index >= 15 is 0 Å². The molecule has 0 unspecified atom stereocenters. The van der Waals surface area contributed by atoms with Gasteiger partial charge < -0.3 is 19.0 Å². The molecule has 1 aromatic carbocycles. The number of hydrogen-bond acceptors (Lipinski definition) is 4. The predicted octanol–water partition coefficient (Wildman–Crippen LogP) is 1.98. The van der Waals surface area contributed by atoms with Crippen molar-refractivity contribution in [1.29, 1.82) is 0 Å². The number of carbonyl (C=O) groups is 1. The third kappa shape index (κ3) is 3.20. The molecule has 0 saturated carbocycles. The maximum Gasteiger partial charge on any atom is 0.166 e. The smallest absolute Gasteiger partial charge is 0.166 e. The molecule has 0 fully saturated rings. The van der Waals surface area contributed by atoms with E-state index in [9.17, 15) is 4.79 Å². The summed E-state index contributed by atoms with van der Waals surface area (Å²) >= 11 is 0. The molecule has 0 aliphatic carbocycles. The minimum atomic E-state index is 0.466. The fraction of sp³-hybridized carbons (Fsp3) is 0.462. The van der Waals surface area contributed by atoms with Gasteiger partial charge >= 0.3 is 0 Å². The lowest BCUT2D eigenvalue weighted by Crippen LogP contribution is -2.01. The van der Waals surface area contributed by atoms with Crippen molar-refractivity contribution in [2.45, 2.75) is 19.4 Å². The van der Waals surface area contributed by atoms with Gasteiger partial charge in [0, 0.05) is 19.1 Å². The molecule has 0 heterocycles. The summed E-state index contributed by atoms with van der Waals surface area (Å²) in [5, 5.41) is 0. The summed E-state index contributed by atoms with van der Waals surface area (Å²) in [5.41, 5.74) is 1.90. The molecule has 4 nitrogen and oxygen atoms in total. The summed E-state index contributed by atoms with van der Waals surface area (Å²) in [5.74, 6) is 1.36. The van der Waals surface area contributed by atoms with E-state index in [0.717, 1.165) is 17.4 Å². The number of ether oxygens (including phenoxy) is 3. The van der Waals surface area contributed by atoms with Crippen LogP contribution in [0.4, 0.5) is 0 Å².